The molecule has 0 amide bonds. The maximum Gasteiger partial charge on any atom is 0.100 e. The lowest BCUT2D eigenvalue weighted by Gasteiger charge is -2.32. The van der Waals surface area contributed by atoms with Crippen molar-refractivity contribution in [3.63, 3.8) is 0 Å². The van der Waals surface area contributed by atoms with Crippen LogP contribution in [0.1, 0.15) is 59.3 Å². The number of unbranched alkanes of at least 4 members (excludes halogenated alkanes) is 3. The second-order valence-corrected chi connectivity index (χ2v) is 4.72. The topological polar surface area (TPSA) is 6.48 Å². The molecule has 2 heteroatoms. The predicted molar refractivity (Wildman–Crippen MR) is 71.1 cm³/mol. The third-order valence-electron chi connectivity index (χ3n) is 3.37. The van der Waals surface area contributed by atoms with E-state index in [1.807, 2.05) is 0 Å². The van der Waals surface area contributed by atoms with Gasteiger partial charge in [-0.25, -0.2) is 0 Å². The van der Waals surface area contributed by atoms with Gasteiger partial charge in [0.15, 0.2) is 0 Å². The van der Waals surface area contributed by atoms with Crippen LogP contribution >= 0.6 is 0 Å². The molecule has 0 saturated carbocycles. The zero-order valence-electron chi connectivity index (χ0n) is 11.3. The van der Waals surface area contributed by atoms with Gasteiger partial charge in [0.05, 0.1) is 0 Å². The smallest absolute Gasteiger partial charge is 0.100 e. The first-order valence-electron chi connectivity index (χ1n) is 7.03. The minimum Gasteiger partial charge on any atom is -0.356 e. The van der Waals surface area contributed by atoms with Gasteiger partial charge in [-0.1, -0.05) is 40.0 Å². The molecule has 0 aromatic heterocycles. The van der Waals surface area contributed by atoms with Gasteiger partial charge in [0.25, 0.3) is 0 Å². The summed E-state index contributed by atoms with van der Waals surface area (Å²) >= 11 is 0. The normalized spacial score (nSPS) is 19.8. The van der Waals surface area contributed by atoms with Crippen LogP contribution in [0.5, 0.6) is 0 Å². The zero-order chi connectivity index (χ0) is 11.8. The van der Waals surface area contributed by atoms with Crippen LogP contribution in [0.25, 0.3) is 0 Å². The molecular formula is C14H28N2. The Bertz CT molecular complexity index is 201. The molecule has 0 saturated heterocycles. The van der Waals surface area contributed by atoms with E-state index in [2.05, 4.69) is 43.0 Å². The average molecular weight is 224 g/mol. The first-order chi connectivity index (χ1) is 7.83. The summed E-state index contributed by atoms with van der Waals surface area (Å²) in [6.07, 6.45) is 13.0. The molecule has 1 rings (SSSR count). The van der Waals surface area contributed by atoms with E-state index in [-0.39, 0.29) is 0 Å². The third-order valence-corrected chi connectivity index (χ3v) is 3.37. The summed E-state index contributed by atoms with van der Waals surface area (Å²) < 4.78 is 0. The Morgan fingerprint density at radius 2 is 1.38 bits per heavy atom. The maximum absolute atomic E-state index is 2.52. The van der Waals surface area contributed by atoms with Crippen molar-refractivity contribution in [2.24, 2.45) is 0 Å². The highest BCUT2D eigenvalue weighted by molar-refractivity contribution is 4.96. The molecule has 94 valence electrons. The van der Waals surface area contributed by atoms with Gasteiger partial charge in [-0.05, 0) is 19.3 Å². The minimum absolute atomic E-state index is 0.628. The van der Waals surface area contributed by atoms with E-state index in [9.17, 15) is 0 Å². The summed E-state index contributed by atoms with van der Waals surface area (Å²) in [5.74, 6) is 0. The van der Waals surface area contributed by atoms with Gasteiger partial charge >= 0.3 is 0 Å². The summed E-state index contributed by atoms with van der Waals surface area (Å²) in [6.45, 7) is 9.27. The highest BCUT2D eigenvalue weighted by Crippen LogP contribution is 2.19. The summed E-state index contributed by atoms with van der Waals surface area (Å²) in [5.41, 5.74) is 0. The van der Waals surface area contributed by atoms with Gasteiger partial charge < -0.3 is 9.80 Å². The number of hydrogen-bond donors (Lipinski definition) is 0. The molecule has 16 heavy (non-hydrogen) atoms. The van der Waals surface area contributed by atoms with E-state index in [1.165, 1.54) is 51.6 Å². The molecule has 0 spiro atoms. The predicted octanol–water partition coefficient (Wildman–Crippen LogP) is 3.80. The van der Waals surface area contributed by atoms with Crippen LogP contribution in [-0.2, 0) is 0 Å². The molecule has 1 unspecified atom stereocenters. The second kappa shape index (κ2) is 7.59. The van der Waals surface area contributed by atoms with Crippen molar-refractivity contribution < 1.29 is 0 Å². The van der Waals surface area contributed by atoms with Crippen molar-refractivity contribution in [1.29, 1.82) is 0 Å². The fourth-order valence-corrected chi connectivity index (χ4v) is 2.36. The molecule has 1 atom stereocenters. The minimum atomic E-state index is 0.628. The molecule has 0 radical (unpaired) electrons. The monoisotopic (exact) mass is 224 g/mol. The quantitative estimate of drug-likeness (QED) is 0.579. The van der Waals surface area contributed by atoms with Crippen molar-refractivity contribution in [2.75, 3.05) is 13.1 Å². The Kier molecular flexibility index (Phi) is 6.36. The molecule has 0 aromatic rings. The van der Waals surface area contributed by atoms with Crippen LogP contribution in [0.2, 0.25) is 0 Å². The van der Waals surface area contributed by atoms with Gasteiger partial charge in [-0.2, -0.15) is 0 Å². The summed E-state index contributed by atoms with van der Waals surface area (Å²) in [6, 6.07) is 0. The van der Waals surface area contributed by atoms with Gasteiger partial charge in [0.1, 0.15) is 6.17 Å². The van der Waals surface area contributed by atoms with Crippen LogP contribution in [0, 0.1) is 0 Å². The Morgan fingerprint density at radius 1 is 0.812 bits per heavy atom. The second-order valence-electron chi connectivity index (χ2n) is 4.72. The van der Waals surface area contributed by atoms with E-state index in [0.29, 0.717) is 6.17 Å². The SMILES string of the molecule is CCCCCN1C=CN(CCCC)C1CC. The van der Waals surface area contributed by atoms with Crippen molar-refractivity contribution >= 4 is 0 Å². The number of hydrogen-bond acceptors (Lipinski definition) is 2. The van der Waals surface area contributed by atoms with Gasteiger partial charge in [0.2, 0.25) is 0 Å². The lowest BCUT2D eigenvalue weighted by Crippen LogP contribution is -2.38. The standard InChI is InChI=1S/C14H28N2/c1-4-7-9-11-16-13-12-15(10-8-5-2)14(16)6-3/h12-14H,4-11H2,1-3H3. The summed E-state index contributed by atoms with van der Waals surface area (Å²) in [4.78, 5) is 5.03. The highest BCUT2D eigenvalue weighted by atomic mass is 15.4. The fraction of sp³-hybridized carbons (Fsp3) is 0.857. The number of nitrogens with zero attached hydrogens (tertiary/aromatic N) is 2. The van der Waals surface area contributed by atoms with E-state index in [1.54, 1.807) is 0 Å². The molecular weight excluding hydrogens is 196 g/mol. The van der Waals surface area contributed by atoms with Crippen LogP contribution in [0.3, 0.4) is 0 Å². The third kappa shape index (κ3) is 3.73. The molecule has 0 N–H and O–H groups in total. The number of rotatable bonds is 8. The molecule has 0 aliphatic carbocycles. The van der Waals surface area contributed by atoms with Crippen molar-refractivity contribution in [3.8, 4) is 0 Å². The van der Waals surface area contributed by atoms with E-state index in [4.69, 9.17) is 0 Å². The molecule has 0 bridgehead atoms. The van der Waals surface area contributed by atoms with Crippen molar-refractivity contribution in [3.05, 3.63) is 12.4 Å². The first kappa shape index (κ1) is 13.4. The zero-order valence-corrected chi connectivity index (χ0v) is 11.3. The van der Waals surface area contributed by atoms with Crippen molar-refractivity contribution in [2.45, 2.75) is 65.5 Å². The Hall–Kier alpha value is -0.660. The molecule has 1 aliphatic rings. The Morgan fingerprint density at radius 3 is 1.88 bits per heavy atom. The van der Waals surface area contributed by atoms with E-state index >= 15 is 0 Å². The maximum atomic E-state index is 2.52. The van der Waals surface area contributed by atoms with Crippen molar-refractivity contribution in [1.82, 2.24) is 9.80 Å². The lowest BCUT2D eigenvalue weighted by atomic mass is 10.2. The molecule has 0 aromatic carbocycles. The average Bonchev–Trinajstić information content (AvgIpc) is 2.69. The largest absolute Gasteiger partial charge is 0.356 e. The van der Waals surface area contributed by atoms with E-state index < -0.39 is 0 Å². The molecule has 0 fully saturated rings. The molecule has 2 nitrogen and oxygen atoms in total. The first-order valence-corrected chi connectivity index (χ1v) is 7.03. The summed E-state index contributed by atoms with van der Waals surface area (Å²) in [7, 11) is 0. The van der Waals surface area contributed by atoms with Crippen LogP contribution in [0.4, 0.5) is 0 Å². The Labute approximate surface area is 101 Å². The lowest BCUT2D eigenvalue weighted by molar-refractivity contribution is 0.144. The highest BCUT2D eigenvalue weighted by Gasteiger charge is 2.23. The van der Waals surface area contributed by atoms with E-state index in [0.717, 1.165) is 0 Å². The van der Waals surface area contributed by atoms with Gasteiger partial charge in [-0.3, -0.25) is 0 Å². The Balaban J connectivity index is 2.34. The molecule has 1 aliphatic heterocycles. The fourth-order valence-electron chi connectivity index (χ4n) is 2.36. The van der Waals surface area contributed by atoms with Crippen LogP contribution in [-0.4, -0.2) is 29.1 Å². The van der Waals surface area contributed by atoms with Crippen LogP contribution < -0.4 is 0 Å². The molecule has 1 heterocycles. The van der Waals surface area contributed by atoms with Gasteiger partial charge in [0, 0.05) is 25.5 Å². The van der Waals surface area contributed by atoms with Gasteiger partial charge in [-0.15, -0.1) is 0 Å². The van der Waals surface area contributed by atoms with Crippen LogP contribution in [0.15, 0.2) is 12.4 Å². The summed E-state index contributed by atoms with van der Waals surface area (Å²) in [5, 5.41) is 0.